The highest BCUT2D eigenvalue weighted by atomic mass is 32.1. The van der Waals surface area contributed by atoms with Crippen LogP contribution >= 0.6 is 11.3 Å². The van der Waals surface area contributed by atoms with Crippen molar-refractivity contribution in [1.82, 2.24) is 19.8 Å². The predicted octanol–water partition coefficient (Wildman–Crippen LogP) is 1.72. The molecule has 5 N–H and O–H groups in total. The number of aromatic nitrogens is 2. The Balaban J connectivity index is 1.58. The van der Waals surface area contributed by atoms with Gasteiger partial charge in [-0.25, -0.2) is 9.97 Å². The second-order valence-corrected chi connectivity index (χ2v) is 10.3. The van der Waals surface area contributed by atoms with Gasteiger partial charge in [0.15, 0.2) is 6.21 Å². The number of amides is 1. The Morgan fingerprint density at radius 2 is 2.11 bits per heavy atom. The number of aryl methyl sites for hydroxylation is 1. The number of carbonyl (C=O) groups is 1. The van der Waals surface area contributed by atoms with Crippen molar-refractivity contribution in [3.8, 4) is 5.75 Å². The highest BCUT2D eigenvalue weighted by Gasteiger charge is 2.30. The summed E-state index contributed by atoms with van der Waals surface area (Å²) in [6.45, 7) is 1.75. The molecule has 0 unspecified atom stereocenters. The lowest BCUT2D eigenvalue weighted by Gasteiger charge is -2.27. The van der Waals surface area contributed by atoms with Gasteiger partial charge in [-0.05, 0) is 58.0 Å². The number of nitrogens with one attached hydrogen (secondary N) is 1. The molecule has 0 spiro atoms. The van der Waals surface area contributed by atoms with Crippen LogP contribution < -0.4 is 21.2 Å². The highest BCUT2D eigenvalue weighted by Crippen LogP contribution is 2.41. The number of nitrogens with two attached hydrogens (primary N) is 2. The number of ether oxygens (including phenoxy) is 1. The van der Waals surface area contributed by atoms with Crippen LogP contribution in [0.5, 0.6) is 5.75 Å². The minimum Gasteiger partial charge on any atom is -0.494 e. The maximum atomic E-state index is 13.1. The first kappa shape index (κ1) is 24.9. The van der Waals surface area contributed by atoms with E-state index in [4.69, 9.17) is 15.9 Å². The van der Waals surface area contributed by atoms with Crippen LogP contribution in [0.2, 0.25) is 0 Å². The van der Waals surface area contributed by atoms with Crippen molar-refractivity contribution in [2.75, 3.05) is 52.4 Å². The monoisotopic (exact) mass is 496 g/mol. The molecule has 0 bridgehead atoms. The predicted molar refractivity (Wildman–Crippen MR) is 142 cm³/mol. The molecule has 186 valence electrons. The van der Waals surface area contributed by atoms with Gasteiger partial charge in [-0.2, -0.15) is 0 Å². The van der Waals surface area contributed by atoms with Gasteiger partial charge in [-0.15, -0.1) is 11.3 Å². The molecule has 3 aromatic rings. The van der Waals surface area contributed by atoms with E-state index in [1.807, 2.05) is 18.0 Å². The van der Waals surface area contributed by atoms with E-state index in [1.165, 1.54) is 16.7 Å². The average molecular weight is 497 g/mol. The van der Waals surface area contributed by atoms with Crippen molar-refractivity contribution in [3.05, 3.63) is 34.5 Å². The van der Waals surface area contributed by atoms with E-state index in [2.05, 4.69) is 34.3 Å². The highest BCUT2D eigenvalue weighted by molar-refractivity contribution is 7.19. The molecular formula is C25H34N7O2S+. The number of methoxy groups -OCH3 is 1. The summed E-state index contributed by atoms with van der Waals surface area (Å²) in [6.07, 6.45) is 6.38. The molecule has 0 saturated heterocycles. The van der Waals surface area contributed by atoms with Crippen LogP contribution in [0.25, 0.3) is 10.2 Å². The summed E-state index contributed by atoms with van der Waals surface area (Å²) in [7, 11) is 7.62. The number of thiophene rings is 1. The Morgan fingerprint density at radius 3 is 2.83 bits per heavy atom. The summed E-state index contributed by atoms with van der Waals surface area (Å²) in [6, 6.07) is 3.59. The lowest BCUT2D eigenvalue weighted by atomic mass is 9.87. The zero-order valence-electron chi connectivity index (χ0n) is 20.8. The van der Waals surface area contributed by atoms with Gasteiger partial charge in [-0.1, -0.05) is 0 Å². The Hall–Kier alpha value is -3.24. The summed E-state index contributed by atoms with van der Waals surface area (Å²) in [5, 5.41) is 10.2. The van der Waals surface area contributed by atoms with Crippen molar-refractivity contribution >= 4 is 50.9 Å². The fraction of sp³-hybridized carbons (Fsp3) is 0.440. The fourth-order valence-electron chi connectivity index (χ4n) is 4.61. The van der Waals surface area contributed by atoms with E-state index in [0.717, 1.165) is 54.7 Å². The fourth-order valence-corrected chi connectivity index (χ4v) is 5.88. The van der Waals surface area contributed by atoms with Gasteiger partial charge in [0.05, 0.1) is 23.7 Å². The first-order chi connectivity index (χ1) is 16.8. The topological polar surface area (TPSA) is 122 Å². The summed E-state index contributed by atoms with van der Waals surface area (Å²) in [4.78, 5) is 28.3. The molecule has 35 heavy (non-hydrogen) atoms. The molecule has 2 heterocycles. The number of hydrogen-bond acceptors (Lipinski definition) is 8. The third-order valence-electron chi connectivity index (χ3n) is 6.51. The Labute approximate surface area is 209 Å². The van der Waals surface area contributed by atoms with Crippen LogP contribution in [0.15, 0.2) is 18.5 Å². The van der Waals surface area contributed by atoms with Gasteiger partial charge in [0.25, 0.3) is 0 Å². The standard InChI is InChI=1S/C25H33N7O2S/c1-31(2)8-5-9-32(3)25(33)15-6-7-17-21(11-15)35-24-22(17)23(28-14-29-24)30-19-10-16(13-26)18(27)12-20(19)34-4/h10,12-15,26H,5-9,11,27H2,1-4H3,(H,28,29,30)/p+1/t15-/m0/s1. The number of carbonyl (C=O) groups excluding carboxylic acids is 1. The largest absolute Gasteiger partial charge is 0.494 e. The molecule has 1 atom stereocenters. The molecule has 1 amide bonds. The molecule has 10 heteroatoms. The molecule has 4 rings (SSSR count). The number of rotatable bonds is 9. The van der Waals surface area contributed by atoms with Crippen LogP contribution in [0.3, 0.4) is 0 Å². The average Bonchev–Trinajstić information content (AvgIpc) is 3.22. The van der Waals surface area contributed by atoms with Gasteiger partial charge in [0.1, 0.15) is 22.7 Å². The lowest BCUT2D eigenvalue weighted by Crippen LogP contribution is -2.36. The van der Waals surface area contributed by atoms with Gasteiger partial charge in [-0.3, -0.25) is 10.2 Å². The van der Waals surface area contributed by atoms with E-state index < -0.39 is 0 Å². The molecule has 9 nitrogen and oxygen atoms in total. The normalized spacial score (nSPS) is 15.2. The second-order valence-electron chi connectivity index (χ2n) is 9.24. The first-order valence-corrected chi connectivity index (χ1v) is 12.6. The van der Waals surface area contributed by atoms with Gasteiger partial charge in [0.2, 0.25) is 5.91 Å². The summed E-state index contributed by atoms with van der Waals surface area (Å²) in [5.41, 5.74) is 9.26. The zero-order valence-corrected chi connectivity index (χ0v) is 21.6. The maximum Gasteiger partial charge on any atom is 0.225 e. The van der Waals surface area contributed by atoms with E-state index >= 15 is 0 Å². The molecular weight excluding hydrogens is 462 g/mol. The Morgan fingerprint density at radius 1 is 1.31 bits per heavy atom. The second kappa shape index (κ2) is 10.6. The number of anilines is 3. The quantitative estimate of drug-likeness (QED) is 0.305. The molecule has 1 aliphatic carbocycles. The minimum absolute atomic E-state index is 0.00382. The van der Waals surface area contributed by atoms with Crippen LogP contribution in [-0.4, -0.2) is 73.2 Å². The zero-order chi connectivity index (χ0) is 25.1. The number of hydrogen-bond donors (Lipinski definition) is 3. The van der Waals surface area contributed by atoms with E-state index in [0.29, 0.717) is 22.8 Å². The molecule has 2 aromatic heterocycles. The number of nitrogens with zero attached hydrogens (tertiary/aromatic N) is 4. The molecule has 1 aliphatic rings. The third kappa shape index (κ3) is 5.23. The number of fused-ring (bicyclic) bond motifs is 3. The van der Waals surface area contributed by atoms with Crippen LogP contribution in [-0.2, 0) is 17.6 Å². The van der Waals surface area contributed by atoms with Gasteiger partial charge < -0.3 is 25.6 Å². The molecule has 0 radical (unpaired) electrons. The van der Waals surface area contributed by atoms with Crippen molar-refractivity contribution in [2.24, 2.45) is 5.92 Å². The van der Waals surface area contributed by atoms with Gasteiger partial charge in [0, 0.05) is 36.1 Å². The molecule has 0 saturated carbocycles. The SMILES string of the molecule is COc1cc(N)c(C=[NH2+])cc1Nc1ncnc2sc3c(c12)CC[C@H](C(=O)N(C)CCCN(C)C)C3. The first-order valence-electron chi connectivity index (χ1n) is 11.8. The summed E-state index contributed by atoms with van der Waals surface area (Å²) < 4.78 is 5.53. The Kier molecular flexibility index (Phi) is 7.51. The van der Waals surface area contributed by atoms with E-state index in [9.17, 15) is 4.79 Å². The Bertz CT molecular complexity index is 1240. The maximum absolute atomic E-state index is 13.1. The van der Waals surface area contributed by atoms with Crippen molar-refractivity contribution in [2.45, 2.75) is 25.7 Å². The summed E-state index contributed by atoms with van der Waals surface area (Å²) in [5.74, 6) is 1.55. The van der Waals surface area contributed by atoms with Crippen LogP contribution in [0, 0.1) is 5.92 Å². The minimum atomic E-state index is 0.00382. The van der Waals surface area contributed by atoms with Crippen LogP contribution in [0.4, 0.5) is 17.2 Å². The number of nitrogen functional groups attached to an aromatic ring is 1. The van der Waals surface area contributed by atoms with Crippen LogP contribution in [0.1, 0.15) is 28.8 Å². The molecule has 0 fully saturated rings. The van der Waals surface area contributed by atoms with Crippen molar-refractivity contribution in [1.29, 1.82) is 0 Å². The smallest absolute Gasteiger partial charge is 0.225 e. The van der Waals surface area contributed by atoms with Crippen molar-refractivity contribution in [3.63, 3.8) is 0 Å². The molecule has 0 aliphatic heterocycles. The molecule has 1 aromatic carbocycles. The third-order valence-corrected chi connectivity index (χ3v) is 7.67. The summed E-state index contributed by atoms with van der Waals surface area (Å²) >= 11 is 1.65. The number of benzene rings is 1. The van der Waals surface area contributed by atoms with Gasteiger partial charge >= 0.3 is 0 Å². The van der Waals surface area contributed by atoms with E-state index in [1.54, 1.807) is 30.8 Å². The van der Waals surface area contributed by atoms with E-state index in [-0.39, 0.29) is 11.8 Å². The lowest BCUT2D eigenvalue weighted by molar-refractivity contribution is -0.134. The van der Waals surface area contributed by atoms with Crippen molar-refractivity contribution < 1.29 is 14.9 Å².